The molecule has 2 aromatic heterocycles. The molecule has 0 fully saturated rings. The number of carbonyl (C=O) groups excluding carboxylic acids is 2. The Kier molecular flexibility index (Phi) is 6.79. The van der Waals surface area contributed by atoms with Crippen LogP contribution in [0.5, 0.6) is 0 Å². The van der Waals surface area contributed by atoms with Gasteiger partial charge in [0.05, 0.1) is 11.8 Å². The highest BCUT2D eigenvalue weighted by Crippen LogP contribution is 2.30. The summed E-state index contributed by atoms with van der Waals surface area (Å²) < 4.78 is 6.56. The van der Waals surface area contributed by atoms with Crippen LogP contribution in [0.4, 0.5) is 5.82 Å². The summed E-state index contributed by atoms with van der Waals surface area (Å²) in [7, 11) is 0. The normalized spacial score (nSPS) is 11.7. The monoisotopic (exact) mass is 463 g/mol. The topological polar surface area (TPSA) is 128 Å². The maximum Gasteiger partial charge on any atom is 0.230 e. The van der Waals surface area contributed by atoms with E-state index < -0.39 is 0 Å². The Balaban J connectivity index is 1.57. The zero-order valence-corrected chi connectivity index (χ0v) is 18.7. The number of benzene rings is 2. The minimum atomic E-state index is -0.323. The van der Waals surface area contributed by atoms with Gasteiger partial charge in [0.15, 0.2) is 16.7 Å². The number of thioether (sulfide) groups is 1. The lowest BCUT2D eigenvalue weighted by molar-refractivity contribution is -0.119. The number of amides is 2. The molecule has 10 nitrogen and oxygen atoms in total. The molecule has 168 valence electrons. The van der Waals surface area contributed by atoms with Gasteiger partial charge in [0.1, 0.15) is 0 Å². The summed E-state index contributed by atoms with van der Waals surface area (Å²) in [6.45, 7) is 3.29. The van der Waals surface area contributed by atoms with Crippen molar-refractivity contribution in [2.45, 2.75) is 25.0 Å². The number of nitrogens with zero attached hydrogens (tertiary/aromatic N) is 5. The van der Waals surface area contributed by atoms with E-state index in [2.05, 4.69) is 31.1 Å². The molecule has 4 rings (SSSR count). The van der Waals surface area contributed by atoms with Gasteiger partial charge in [0, 0.05) is 12.6 Å². The third-order valence-corrected chi connectivity index (χ3v) is 5.58. The van der Waals surface area contributed by atoms with Gasteiger partial charge in [-0.25, -0.2) is 4.63 Å². The lowest BCUT2D eigenvalue weighted by Gasteiger charge is -2.14. The number of para-hydroxylation sites is 1. The molecule has 2 heterocycles. The van der Waals surface area contributed by atoms with Crippen molar-refractivity contribution >= 4 is 29.4 Å². The van der Waals surface area contributed by atoms with Gasteiger partial charge in [0.2, 0.25) is 17.6 Å². The van der Waals surface area contributed by atoms with E-state index in [0.29, 0.717) is 11.0 Å². The molecule has 11 heteroatoms. The minimum absolute atomic E-state index is 0.122. The van der Waals surface area contributed by atoms with Crippen LogP contribution in [0.3, 0.4) is 0 Å². The van der Waals surface area contributed by atoms with E-state index >= 15 is 0 Å². The molecule has 2 amide bonds. The molecular formula is C22H21N7O3S. The SMILES string of the molecule is CC(=O)Nc1nonc1-c1nnc(SCC(=O)N[C@H](C)c2ccccc2)n1-c1ccccc1. The summed E-state index contributed by atoms with van der Waals surface area (Å²) in [6.07, 6.45) is 0. The van der Waals surface area contributed by atoms with Crippen LogP contribution in [0.2, 0.25) is 0 Å². The summed E-state index contributed by atoms with van der Waals surface area (Å²) in [5.74, 6) is 0.140. The molecule has 1 atom stereocenters. The molecule has 0 radical (unpaired) electrons. The molecule has 4 aromatic rings. The van der Waals surface area contributed by atoms with Gasteiger partial charge in [-0.15, -0.1) is 10.2 Å². The van der Waals surface area contributed by atoms with E-state index in [4.69, 9.17) is 4.63 Å². The largest absolute Gasteiger partial charge is 0.349 e. The molecule has 0 aliphatic carbocycles. The van der Waals surface area contributed by atoms with Gasteiger partial charge < -0.3 is 10.6 Å². The van der Waals surface area contributed by atoms with Gasteiger partial charge in [0.25, 0.3) is 0 Å². The number of hydrogen-bond donors (Lipinski definition) is 2. The molecule has 0 spiro atoms. The van der Waals surface area contributed by atoms with E-state index in [1.807, 2.05) is 67.6 Å². The van der Waals surface area contributed by atoms with Crippen LogP contribution in [0.25, 0.3) is 17.2 Å². The van der Waals surface area contributed by atoms with Crippen molar-refractivity contribution < 1.29 is 14.2 Å². The summed E-state index contributed by atoms with van der Waals surface area (Å²) in [4.78, 5) is 24.1. The van der Waals surface area contributed by atoms with Crippen molar-refractivity contribution in [3.8, 4) is 17.2 Å². The Morgan fingerprint density at radius 1 is 1.03 bits per heavy atom. The van der Waals surface area contributed by atoms with E-state index in [1.54, 1.807) is 4.57 Å². The average Bonchev–Trinajstić information content (AvgIpc) is 3.45. The van der Waals surface area contributed by atoms with Crippen molar-refractivity contribution in [2.75, 3.05) is 11.1 Å². The fourth-order valence-electron chi connectivity index (χ4n) is 3.15. The number of carbonyl (C=O) groups is 2. The number of nitrogens with one attached hydrogen (secondary N) is 2. The van der Waals surface area contributed by atoms with Crippen LogP contribution in [-0.4, -0.2) is 42.6 Å². The summed E-state index contributed by atoms with van der Waals surface area (Å²) >= 11 is 1.24. The quantitative estimate of drug-likeness (QED) is 0.381. The van der Waals surface area contributed by atoms with Crippen LogP contribution in [0, 0.1) is 0 Å². The second-order valence-corrected chi connectivity index (χ2v) is 8.05. The van der Waals surface area contributed by atoms with Crippen LogP contribution in [0.1, 0.15) is 25.5 Å². The maximum atomic E-state index is 12.6. The predicted octanol–water partition coefficient (Wildman–Crippen LogP) is 3.25. The third kappa shape index (κ3) is 5.26. The van der Waals surface area contributed by atoms with Gasteiger partial charge in [-0.1, -0.05) is 60.3 Å². The van der Waals surface area contributed by atoms with Gasteiger partial charge in [-0.3, -0.25) is 14.2 Å². The third-order valence-electron chi connectivity index (χ3n) is 4.65. The summed E-state index contributed by atoms with van der Waals surface area (Å²) in [5, 5.41) is 22.2. The fourth-order valence-corrected chi connectivity index (χ4v) is 3.91. The lowest BCUT2D eigenvalue weighted by atomic mass is 10.1. The van der Waals surface area contributed by atoms with E-state index in [-0.39, 0.29) is 35.1 Å². The van der Waals surface area contributed by atoms with Crippen LogP contribution in [0.15, 0.2) is 70.4 Å². The smallest absolute Gasteiger partial charge is 0.230 e. The molecule has 0 bridgehead atoms. The van der Waals surface area contributed by atoms with Crippen molar-refractivity contribution in [1.29, 1.82) is 0 Å². The Morgan fingerprint density at radius 3 is 2.42 bits per heavy atom. The Hall–Kier alpha value is -3.99. The van der Waals surface area contributed by atoms with E-state index in [1.165, 1.54) is 18.7 Å². The first-order valence-corrected chi connectivity index (χ1v) is 11.1. The first-order valence-electron chi connectivity index (χ1n) is 10.1. The molecule has 0 aliphatic rings. The molecule has 2 aromatic carbocycles. The van der Waals surface area contributed by atoms with Gasteiger partial charge in [-0.05, 0) is 34.9 Å². The number of anilines is 1. The number of hydrogen-bond acceptors (Lipinski definition) is 8. The zero-order valence-electron chi connectivity index (χ0n) is 17.9. The standard InChI is InChI=1S/C22H21N7O3S/c1-14(16-9-5-3-6-10-16)23-18(31)13-33-22-26-25-21(29(22)17-11-7-4-8-12-17)19-20(24-15(2)30)28-32-27-19/h3-12,14H,13H2,1-2H3,(H,23,31)(H,24,28,30)/t14-/m1/s1. The molecule has 0 saturated heterocycles. The molecule has 0 saturated carbocycles. The van der Waals surface area contributed by atoms with Crippen LogP contribution >= 0.6 is 11.8 Å². The average molecular weight is 464 g/mol. The highest BCUT2D eigenvalue weighted by atomic mass is 32.2. The molecule has 33 heavy (non-hydrogen) atoms. The first-order chi connectivity index (χ1) is 16.0. The summed E-state index contributed by atoms with van der Waals surface area (Å²) in [6, 6.07) is 19.0. The van der Waals surface area contributed by atoms with Crippen molar-refractivity contribution in [3.05, 3.63) is 66.2 Å². The van der Waals surface area contributed by atoms with Crippen LogP contribution in [-0.2, 0) is 9.59 Å². The van der Waals surface area contributed by atoms with Crippen molar-refractivity contribution in [1.82, 2.24) is 30.4 Å². The van der Waals surface area contributed by atoms with E-state index in [0.717, 1.165) is 11.3 Å². The van der Waals surface area contributed by atoms with Crippen molar-refractivity contribution in [3.63, 3.8) is 0 Å². The number of rotatable bonds is 8. The minimum Gasteiger partial charge on any atom is -0.349 e. The Bertz CT molecular complexity index is 1240. The second kappa shape index (κ2) is 10.1. The molecule has 2 N–H and O–H groups in total. The summed E-state index contributed by atoms with van der Waals surface area (Å²) in [5.41, 5.74) is 2.01. The van der Waals surface area contributed by atoms with Crippen LogP contribution < -0.4 is 10.6 Å². The molecular weight excluding hydrogens is 442 g/mol. The fraction of sp³-hybridized carbons (Fsp3) is 0.182. The van der Waals surface area contributed by atoms with Gasteiger partial charge >= 0.3 is 0 Å². The van der Waals surface area contributed by atoms with E-state index in [9.17, 15) is 9.59 Å². The maximum absolute atomic E-state index is 12.6. The zero-order chi connectivity index (χ0) is 23.2. The first kappa shape index (κ1) is 22.2. The highest BCUT2D eigenvalue weighted by molar-refractivity contribution is 7.99. The lowest BCUT2D eigenvalue weighted by Crippen LogP contribution is -2.28. The molecule has 0 unspecified atom stereocenters. The highest BCUT2D eigenvalue weighted by Gasteiger charge is 2.24. The van der Waals surface area contributed by atoms with Gasteiger partial charge in [-0.2, -0.15) is 0 Å². The molecule has 0 aliphatic heterocycles. The van der Waals surface area contributed by atoms with Crippen molar-refractivity contribution in [2.24, 2.45) is 0 Å². The predicted molar refractivity (Wildman–Crippen MR) is 123 cm³/mol. The number of aromatic nitrogens is 5. The Morgan fingerprint density at radius 2 is 1.73 bits per heavy atom. The second-order valence-electron chi connectivity index (χ2n) is 7.11. The Labute approximate surface area is 193 Å².